The third-order valence-corrected chi connectivity index (χ3v) is 0. The van der Waals surface area contributed by atoms with E-state index in [1.54, 1.807) is 0 Å². The molecule has 0 fully saturated rings. The van der Waals surface area contributed by atoms with Crippen LogP contribution in [0.4, 0.5) is 4.79 Å². The fourth-order valence-electron chi connectivity index (χ4n) is 0. The Morgan fingerprint density at radius 3 is 1.25 bits per heavy atom. The van der Waals surface area contributed by atoms with Crippen LogP contribution in [0.5, 0.6) is 0 Å². The van der Waals surface area contributed by atoms with E-state index >= 15 is 0 Å². The molecule has 0 unspecified atom stereocenters. The van der Waals surface area contributed by atoms with E-state index in [0.717, 1.165) is 0 Å². The average molecular weight is 238 g/mol. The van der Waals surface area contributed by atoms with E-state index in [9.17, 15) is 0 Å². The number of hydrogen-bond acceptors (Lipinski definition) is 3. The quantitative estimate of drug-likeness (QED) is 0.244. The van der Waals surface area contributed by atoms with Gasteiger partial charge in [-0.1, -0.05) is 0 Å². The molecule has 0 saturated carbocycles. The molecule has 0 atom stereocenters. The molecule has 0 heterocycles. The standard InChI is InChI=1S/CH4N2O.ClH.2Na.H3O4P/c2-1(3)4;;;;1-5(2,3)4/h(H4,2,3,4);1H;;;(H3,1,2,3,4)/q;;2*+1;/p-2. The molecule has 0 radical (unpaired) electrons. The summed E-state index contributed by atoms with van der Waals surface area (Å²) in [4.78, 5) is 31.9. The zero-order valence-corrected chi connectivity index (χ0v) is 12.2. The molecule has 0 aliphatic heterocycles. The molecule has 0 aromatic rings. The largest absolute Gasteiger partial charge is 1.00 e. The SMILES string of the molecule is NC(N)=O.O=P([O-])(O)O.[Cl-].[Na+].[Na+]. The second-order valence-electron chi connectivity index (χ2n) is 0.893. The minimum absolute atomic E-state index is 0. The number of urea groups is 1. The molecule has 0 bridgehead atoms. The average Bonchev–Trinajstić information content (AvgIpc) is 1.19. The zero-order valence-electron chi connectivity index (χ0n) is 6.60. The van der Waals surface area contributed by atoms with Gasteiger partial charge in [-0.25, -0.2) is 4.79 Å². The van der Waals surface area contributed by atoms with Gasteiger partial charge >= 0.3 is 65.1 Å². The second-order valence-corrected chi connectivity index (χ2v) is 1.87. The van der Waals surface area contributed by atoms with Gasteiger partial charge in [0.15, 0.2) is 0 Å². The summed E-state index contributed by atoms with van der Waals surface area (Å²) < 4.78 is 8.77. The van der Waals surface area contributed by atoms with Crippen LogP contribution in [0, 0.1) is 0 Å². The minimum atomic E-state index is -4.89. The number of nitrogens with two attached hydrogens (primary N) is 2. The van der Waals surface area contributed by atoms with Gasteiger partial charge in [0.1, 0.15) is 0 Å². The summed E-state index contributed by atoms with van der Waals surface area (Å²) in [6, 6.07) is -0.833. The fourth-order valence-corrected chi connectivity index (χ4v) is 0. The minimum Gasteiger partial charge on any atom is -1.00 e. The molecule has 0 saturated heterocycles. The molecule has 0 aliphatic rings. The first-order chi connectivity index (χ1) is 3.73. The van der Waals surface area contributed by atoms with Crippen molar-refractivity contribution in [3.63, 3.8) is 0 Å². The summed E-state index contributed by atoms with van der Waals surface area (Å²) in [7, 11) is -4.89. The second kappa shape index (κ2) is 15.2. The zero-order chi connectivity index (χ0) is 8.08. The number of phosphoric acid groups is 1. The Balaban J connectivity index is -0.0000000221. The van der Waals surface area contributed by atoms with Crippen LogP contribution in [0.25, 0.3) is 0 Å². The van der Waals surface area contributed by atoms with Gasteiger partial charge in [0.2, 0.25) is 0 Å². The molecule has 2 amide bonds. The predicted molar refractivity (Wildman–Crippen MR) is 25.8 cm³/mol. The number of amides is 2. The first kappa shape index (κ1) is 29.2. The van der Waals surface area contributed by atoms with E-state index < -0.39 is 13.9 Å². The molecule has 0 spiro atoms. The van der Waals surface area contributed by atoms with E-state index in [1.165, 1.54) is 0 Å². The van der Waals surface area contributed by atoms with Crippen LogP contribution < -0.4 is 87.9 Å². The first-order valence-corrected chi connectivity index (χ1v) is 3.08. The summed E-state index contributed by atoms with van der Waals surface area (Å²) >= 11 is 0. The van der Waals surface area contributed by atoms with Crippen LogP contribution in [-0.4, -0.2) is 15.8 Å². The molecule has 12 heavy (non-hydrogen) atoms. The van der Waals surface area contributed by atoms with E-state index in [4.69, 9.17) is 24.0 Å². The van der Waals surface area contributed by atoms with Crippen molar-refractivity contribution in [3.05, 3.63) is 0 Å². The monoisotopic (exact) mass is 238 g/mol. The summed E-state index contributed by atoms with van der Waals surface area (Å²) in [5.41, 5.74) is 8.50. The van der Waals surface area contributed by atoms with E-state index in [2.05, 4.69) is 11.5 Å². The van der Waals surface area contributed by atoms with Gasteiger partial charge in [-0.05, 0) is 0 Å². The number of halogens is 1. The third kappa shape index (κ3) is 476. The van der Waals surface area contributed by atoms with Crippen LogP contribution in [0.3, 0.4) is 0 Å². The maximum Gasteiger partial charge on any atom is 1.00 e. The number of carbonyl (C=O) groups excluding carboxylic acids is 1. The molecule has 64 valence electrons. The molecular formula is CH6ClN2Na2O5P. The van der Waals surface area contributed by atoms with Gasteiger partial charge in [-0.2, -0.15) is 0 Å². The number of hydrogen-bond donors (Lipinski definition) is 4. The number of rotatable bonds is 0. The van der Waals surface area contributed by atoms with Gasteiger partial charge in [-0.15, -0.1) is 0 Å². The molecule has 0 aromatic carbocycles. The van der Waals surface area contributed by atoms with Crippen molar-refractivity contribution >= 4 is 13.9 Å². The van der Waals surface area contributed by atoms with Crippen molar-refractivity contribution in [2.24, 2.45) is 11.5 Å². The summed E-state index contributed by atoms with van der Waals surface area (Å²) in [5, 5.41) is 0. The molecule has 7 nitrogen and oxygen atoms in total. The van der Waals surface area contributed by atoms with Crippen molar-refractivity contribution in [2.45, 2.75) is 0 Å². The molecule has 6 N–H and O–H groups in total. The summed E-state index contributed by atoms with van der Waals surface area (Å²) in [6.45, 7) is 0. The Bertz CT molecular complexity index is 127. The van der Waals surface area contributed by atoms with Gasteiger partial charge in [0.05, 0.1) is 0 Å². The number of carbonyl (C=O) groups is 1. The maximum atomic E-state index is 9.00. The van der Waals surface area contributed by atoms with E-state index in [1.807, 2.05) is 0 Å². The van der Waals surface area contributed by atoms with Crippen LogP contribution >= 0.6 is 7.82 Å². The topological polar surface area (TPSA) is 150 Å². The Morgan fingerprint density at radius 1 is 1.25 bits per heavy atom. The van der Waals surface area contributed by atoms with Gasteiger partial charge < -0.3 is 38.6 Å². The normalized spacial score (nSPS) is 6.92. The van der Waals surface area contributed by atoms with Gasteiger partial charge in [0, 0.05) is 0 Å². The molecule has 0 aliphatic carbocycles. The molecule has 0 aromatic heterocycles. The van der Waals surface area contributed by atoms with Crippen molar-refractivity contribution in [2.75, 3.05) is 0 Å². The smallest absolute Gasteiger partial charge is 1.00 e. The fraction of sp³-hybridized carbons (Fsp3) is 0. The van der Waals surface area contributed by atoms with Gasteiger partial charge in [0.25, 0.3) is 7.82 Å². The Hall–Kier alpha value is 1.67. The maximum absolute atomic E-state index is 9.00. The van der Waals surface area contributed by atoms with Crippen molar-refractivity contribution < 1.29 is 95.6 Å². The van der Waals surface area contributed by atoms with Crippen molar-refractivity contribution in [3.8, 4) is 0 Å². The summed E-state index contributed by atoms with van der Waals surface area (Å²) in [6.07, 6.45) is 0. The Labute approximate surface area is 119 Å². The third-order valence-electron chi connectivity index (χ3n) is 0. The first-order valence-electron chi connectivity index (χ1n) is 1.55. The van der Waals surface area contributed by atoms with Crippen LogP contribution in [0.2, 0.25) is 0 Å². The van der Waals surface area contributed by atoms with Crippen molar-refractivity contribution in [1.29, 1.82) is 0 Å². The van der Waals surface area contributed by atoms with Gasteiger partial charge in [-0.3, -0.25) is 4.57 Å². The van der Waals surface area contributed by atoms with Crippen LogP contribution in [0.1, 0.15) is 0 Å². The van der Waals surface area contributed by atoms with E-state index in [0.29, 0.717) is 0 Å². The summed E-state index contributed by atoms with van der Waals surface area (Å²) in [5.74, 6) is 0. The molecule has 0 rings (SSSR count). The molecular weight excluding hydrogens is 232 g/mol. The van der Waals surface area contributed by atoms with Crippen molar-refractivity contribution in [1.82, 2.24) is 0 Å². The molecule has 11 heteroatoms. The predicted octanol–water partition coefficient (Wildman–Crippen LogP) is -11.5. The van der Waals surface area contributed by atoms with Crippen LogP contribution in [0.15, 0.2) is 0 Å². The Morgan fingerprint density at radius 2 is 1.25 bits per heavy atom. The van der Waals surface area contributed by atoms with E-state index in [-0.39, 0.29) is 71.5 Å². The van der Waals surface area contributed by atoms with Crippen LogP contribution in [-0.2, 0) is 4.57 Å². The number of primary amides is 2. The Kier molecular flexibility index (Phi) is 36.9.